The van der Waals surface area contributed by atoms with Crippen LogP contribution in [-0.2, 0) is 26.2 Å². The van der Waals surface area contributed by atoms with E-state index in [4.69, 9.17) is 0 Å². The molecule has 0 aliphatic rings. The fraction of sp³-hybridized carbons (Fsp3) is 0.391. The molecule has 0 aromatic heterocycles. The van der Waals surface area contributed by atoms with Gasteiger partial charge in [-0.15, -0.1) is 0 Å². The Kier molecular flexibility index (Phi) is 8.74. The van der Waals surface area contributed by atoms with Gasteiger partial charge >= 0.3 is 0 Å². The van der Waals surface area contributed by atoms with Crippen molar-refractivity contribution in [1.82, 2.24) is 10.2 Å². The summed E-state index contributed by atoms with van der Waals surface area (Å²) in [5, 5.41) is 13.8. The molecular weight excluding hydrogens is 460 g/mol. The number of nitro benzene ring substituents is 1. The number of aryl methyl sites for hydroxylation is 2. The van der Waals surface area contributed by atoms with E-state index < -0.39 is 33.4 Å². The second-order valence-electron chi connectivity index (χ2n) is 7.98. The smallest absolute Gasteiger partial charge is 0.271 e. The van der Waals surface area contributed by atoms with E-state index in [1.807, 2.05) is 31.2 Å². The minimum atomic E-state index is -3.99. The first-order valence-electron chi connectivity index (χ1n) is 10.7. The molecule has 0 unspecified atom stereocenters. The van der Waals surface area contributed by atoms with Gasteiger partial charge in [-0.2, -0.15) is 0 Å². The Morgan fingerprint density at radius 2 is 1.76 bits per heavy atom. The standard InChI is InChI=1S/C23H30N4O6S/c1-6-20(23(29)24-4)25(14-18-10-8-7-9-16(18)2)22(28)15-26(34(5,32)33)21-13-19(27(30)31)12-11-17(21)3/h7-13,20H,6,14-15H2,1-5H3,(H,24,29)/t20-/m1/s1. The van der Waals surface area contributed by atoms with Crippen LogP contribution in [0, 0.1) is 24.0 Å². The molecule has 2 aromatic carbocycles. The summed E-state index contributed by atoms with van der Waals surface area (Å²) >= 11 is 0. The van der Waals surface area contributed by atoms with E-state index in [-0.39, 0.29) is 23.8 Å². The van der Waals surface area contributed by atoms with Crippen molar-refractivity contribution in [3.8, 4) is 0 Å². The molecular formula is C23H30N4O6S. The molecule has 0 aliphatic heterocycles. The number of amides is 2. The van der Waals surface area contributed by atoms with Gasteiger partial charge in [0.15, 0.2) is 0 Å². The highest BCUT2D eigenvalue weighted by Gasteiger charge is 2.32. The number of benzene rings is 2. The van der Waals surface area contributed by atoms with Gasteiger partial charge in [0.05, 0.1) is 16.9 Å². The second kappa shape index (κ2) is 11.1. The number of likely N-dealkylation sites (N-methyl/N-ethyl adjacent to an activating group) is 1. The van der Waals surface area contributed by atoms with Crippen LogP contribution >= 0.6 is 0 Å². The van der Waals surface area contributed by atoms with Gasteiger partial charge in [0.25, 0.3) is 5.69 Å². The second-order valence-corrected chi connectivity index (χ2v) is 9.89. The number of hydrogen-bond donors (Lipinski definition) is 1. The number of hydrogen-bond acceptors (Lipinski definition) is 6. The first-order valence-corrected chi connectivity index (χ1v) is 12.5. The predicted molar refractivity (Wildman–Crippen MR) is 130 cm³/mol. The van der Waals surface area contributed by atoms with E-state index in [1.165, 1.54) is 24.1 Å². The molecule has 0 bridgehead atoms. The van der Waals surface area contributed by atoms with Crippen LogP contribution in [0.1, 0.15) is 30.0 Å². The Hall–Kier alpha value is -3.47. The fourth-order valence-corrected chi connectivity index (χ4v) is 4.53. The molecule has 1 atom stereocenters. The van der Waals surface area contributed by atoms with Crippen molar-refractivity contribution in [1.29, 1.82) is 0 Å². The lowest BCUT2D eigenvalue weighted by Gasteiger charge is -2.33. The summed E-state index contributed by atoms with van der Waals surface area (Å²) in [6.45, 7) is 4.74. The van der Waals surface area contributed by atoms with E-state index in [9.17, 15) is 28.1 Å². The number of nitro groups is 1. The topological polar surface area (TPSA) is 130 Å². The van der Waals surface area contributed by atoms with Gasteiger partial charge in [-0.3, -0.25) is 24.0 Å². The van der Waals surface area contributed by atoms with Gasteiger partial charge in [-0.25, -0.2) is 8.42 Å². The van der Waals surface area contributed by atoms with Crippen LogP contribution in [0.4, 0.5) is 11.4 Å². The van der Waals surface area contributed by atoms with Gasteiger partial charge in [0.2, 0.25) is 21.8 Å². The molecule has 0 saturated carbocycles. The van der Waals surface area contributed by atoms with Crippen molar-refractivity contribution in [3.63, 3.8) is 0 Å². The van der Waals surface area contributed by atoms with Gasteiger partial charge in [0, 0.05) is 25.7 Å². The van der Waals surface area contributed by atoms with Crippen LogP contribution in [0.3, 0.4) is 0 Å². The van der Waals surface area contributed by atoms with Crippen LogP contribution in [0.25, 0.3) is 0 Å². The third kappa shape index (κ3) is 6.31. The lowest BCUT2D eigenvalue weighted by atomic mass is 10.1. The van der Waals surface area contributed by atoms with E-state index in [0.717, 1.165) is 27.8 Å². The van der Waals surface area contributed by atoms with Gasteiger partial charge in [0.1, 0.15) is 12.6 Å². The largest absolute Gasteiger partial charge is 0.357 e. The average Bonchev–Trinajstić information content (AvgIpc) is 2.77. The molecule has 0 radical (unpaired) electrons. The molecule has 10 nitrogen and oxygen atoms in total. The Balaban J connectivity index is 2.53. The number of carbonyl (C=O) groups excluding carboxylic acids is 2. The third-order valence-corrected chi connectivity index (χ3v) is 6.71. The number of sulfonamides is 1. The van der Waals surface area contributed by atoms with E-state index in [0.29, 0.717) is 12.0 Å². The normalized spacial score (nSPS) is 12.0. The van der Waals surface area contributed by atoms with Crippen LogP contribution in [0.15, 0.2) is 42.5 Å². The number of nitrogens with zero attached hydrogens (tertiary/aromatic N) is 3. The fourth-order valence-electron chi connectivity index (χ4n) is 3.63. The SMILES string of the molecule is CC[C@H](C(=O)NC)N(Cc1ccccc1C)C(=O)CN(c1cc([N+](=O)[O-])ccc1C)S(C)(=O)=O. The number of non-ortho nitro benzene ring substituents is 1. The lowest BCUT2D eigenvalue weighted by molar-refractivity contribution is -0.384. The number of anilines is 1. The highest BCUT2D eigenvalue weighted by atomic mass is 32.2. The number of nitrogens with one attached hydrogen (secondary N) is 1. The molecule has 0 saturated heterocycles. The number of rotatable bonds is 10. The molecule has 2 rings (SSSR count). The van der Waals surface area contributed by atoms with Crippen LogP contribution < -0.4 is 9.62 Å². The van der Waals surface area contributed by atoms with Crippen LogP contribution in [0.2, 0.25) is 0 Å². The maximum absolute atomic E-state index is 13.5. The minimum absolute atomic E-state index is 0.0360. The molecule has 184 valence electrons. The highest BCUT2D eigenvalue weighted by molar-refractivity contribution is 7.92. The zero-order valence-electron chi connectivity index (χ0n) is 19.9. The van der Waals surface area contributed by atoms with E-state index in [2.05, 4.69) is 5.32 Å². The first kappa shape index (κ1) is 26.8. The summed E-state index contributed by atoms with van der Waals surface area (Å²) in [6.07, 6.45) is 1.24. The maximum Gasteiger partial charge on any atom is 0.271 e. The van der Waals surface area contributed by atoms with E-state index in [1.54, 1.807) is 13.8 Å². The van der Waals surface area contributed by atoms with Crippen molar-refractivity contribution >= 4 is 33.2 Å². The Labute approximate surface area is 199 Å². The van der Waals surface area contributed by atoms with Crippen molar-refractivity contribution in [2.45, 2.75) is 39.8 Å². The molecule has 0 fully saturated rings. The van der Waals surface area contributed by atoms with Crippen molar-refractivity contribution in [2.75, 3.05) is 24.2 Å². The van der Waals surface area contributed by atoms with Crippen LogP contribution in [0.5, 0.6) is 0 Å². The Morgan fingerprint density at radius 1 is 1.12 bits per heavy atom. The molecule has 11 heteroatoms. The summed E-state index contributed by atoms with van der Waals surface area (Å²) < 4.78 is 26.2. The quantitative estimate of drug-likeness (QED) is 0.402. The summed E-state index contributed by atoms with van der Waals surface area (Å²) in [6, 6.07) is 10.4. The average molecular weight is 491 g/mol. The van der Waals surface area contributed by atoms with Gasteiger partial charge in [-0.1, -0.05) is 37.3 Å². The predicted octanol–water partition coefficient (Wildman–Crippen LogP) is 2.53. The lowest BCUT2D eigenvalue weighted by Crippen LogP contribution is -2.51. The third-order valence-electron chi connectivity index (χ3n) is 5.59. The summed E-state index contributed by atoms with van der Waals surface area (Å²) in [4.78, 5) is 38.1. The van der Waals surface area contributed by atoms with Gasteiger partial charge < -0.3 is 10.2 Å². The summed E-state index contributed by atoms with van der Waals surface area (Å²) in [5.41, 5.74) is 1.92. The zero-order chi connectivity index (χ0) is 25.6. The van der Waals surface area contributed by atoms with Crippen molar-refractivity contribution < 1.29 is 22.9 Å². The minimum Gasteiger partial charge on any atom is -0.357 e. The highest BCUT2D eigenvalue weighted by Crippen LogP contribution is 2.28. The zero-order valence-corrected chi connectivity index (χ0v) is 20.8. The molecule has 0 heterocycles. The van der Waals surface area contributed by atoms with E-state index >= 15 is 0 Å². The van der Waals surface area contributed by atoms with Crippen molar-refractivity contribution in [2.24, 2.45) is 0 Å². The van der Waals surface area contributed by atoms with Gasteiger partial charge in [-0.05, 0) is 37.0 Å². The molecule has 0 aliphatic carbocycles. The molecule has 1 N–H and O–H groups in total. The Bertz CT molecular complexity index is 1180. The maximum atomic E-state index is 13.5. The Morgan fingerprint density at radius 3 is 2.29 bits per heavy atom. The summed E-state index contributed by atoms with van der Waals surface area (Å²) in [7, 11) is -2.52. The summed E-state index contributed by atoms with van der Waals surface area (Å²) in [5.74, 6) is -0.975. The van der Waals surface area contributed by atoms with Crippen molar-refractivity contribution in [3.05, 3.63) is 69.3 Å². The first-order chi connectivity index (χ1) is 15.9. The molecule has 34 heavy (non-hydrogen) atoms. The molecule has 0 spiro atoms. The monoisotopic (exact) mass is 490 g/mol. The number of carbonyl (C=O) groups is 2. The van der Waals surface area contributed by atoms with Crippen LogP contribution in [-0.4, -0.2) is 55.9 Å². The molecule has 2 aromatic rings. The molecule has 2 amide bonds.